The number of carbonyl (C=O) groups is 1. The summed E-state index contributed by atoms with van der Waals surface area (Å²) in [5.41, 5.74) is 0.634. The molecule has 0 saturated carbocycles. The Labute approximate surface area is 122 Å². The first kappa shape index (κ1) is 15.3. The first-order chi connectivity index (χ1) is 9.40. The van der Waals surface area contributed by atoms with Gasteiger partial charge in [-0.05, 0) is 25.3 Å². The average molecular weight is 292 g/mol. The third kappa shape index (κ3) is 3.12. The third-order valence-corrected chi connectivity index (χ3v) is 5.89. The summed E-state index contributed by atoms with van der Waals surface area (Å²) in [7, 11) is -1.51. The molecule has 1 saturated heterocycles. The lowest BCUT2D eigenvalue weighted by atomic mass is 10.00. The highest BCUT2D eigenvalue weighted by molar-refractivity contribution is 6.78. The highest BCUT2D eigenvalue weighted by Crippen LogP contribution is 2.46. The molecule has 1 fully saturated rings. The molecule has 0 unspecified atom stereocenters. The van der Waals surface area contributed by atoms with Crippen LogP contribution in [0.5, 0.6) is 0 Å². The standard InChI is InChI=1S/C16H24O3Si/c1-5-18-14(17)16(15(19-16)20(2,3)4)12-11-13-9-7-6-8-10-13/h6-10,15H,5,11-12H2,1-4H3/t15-,16+/m0/s1. The number of esters is 1. The monoisotopic (exact) mass is 292 g/mol. The summed E-state index contributed by atoms with van der Waals surface area (Å²) in [6, 6.07) is 10.2. The predicted molar refractivity (Wildman–Crippen MR) is 82.3 cm³/mol. The third-order valence-electron chi connectivity index (χ3n) is 3.73. The van der Waals surface area contributed by atoms with Crippen molar-refractivity contribution in [2.45, 2.75) is 50.7 Å². The number of hydrogen-bond donors (Lipinski definition) is 0. The SMILES string of the molecule is CCOC(=O)[C@@]1(CCc2ccccc2)O[C@H]1[Si](C)(C)C. The normalized spacial score (nSPS) is 25.3. The summed E-state index contributed by atoms with van der Waals surface area (Å²) in [5, 5.41) is 0. The summed E-state index contributed by atoms with van der Waals surface area (Å²) in [4.78, 5) is 12.3. The maximum Gasteiger partial charge on any atom is 0.340 e. The first-order valence-corrected chi connectivity index (χ1v) is 10.9. The first-order valence-electron chi connectivity index (χ1n) is 7.29. The average Bonchev–Trinajstić information content (AvgIpc) is 3.14. The van der Waals surface area contributed by atoms with Crippen molar-refractivity contribution >= 4 is 14.0 Å². The van der Waals surface area contributed by atoms with Crippen LogP contribution in [-0.4, -0.2) is 32.0 Å². The Hall–Kier alpha value is -1.13. The molecule has 0 radical (unpaired) electrons. The summed E-state index contributed by atoms with van der Waals surface area (Å²) in [6.45, 7) is 8.96. The fraction of sp³-hybridized carbons (Fsp3) is 0.562. The van der Waals surface area contributed by atoms with Crippen LogP contribution in [0.1, 0.15) is 18.9 Å². The highest BCUT2D eigenvalue weighted by atomic mass is 28.3. The molecule has 1 aromatic rings. The van der Waals surface area contributed by atoms with Crippen LogP contribution < -0.4 is 0 Å². The Kier molecular flexibility index (Phi) is 4.35. The van der Waals surface area contributed by atoms with E-state index in [0.29, 0.717) is 13.0 Å². The summed E-state index contributed by atoms with van der Waals surface area (Å²) in [5.74, 6) is -0.177. The number of epoxide rings is 1. The highest BCUT2D eigenvalue weighted by Gasteiger charge is 2.67. The van der Waals surface area contributed by atoms with Gasteiger partial charge in [0.15, 0.2) is 5.60 Å². The van der Waals surface area contributed by atoms with Gasteiger partial charge in [0.2, 0.25) is 0 Å². The molecule has 2 atom stereocenters. The second-order valence-electron chi connectivity index (χ2n) is 6.46. The van der Waals surface area contributed by atoms with Gasteiger partial charge in [-0.2, -0.15) is 0 Å². The Morgan fingerprint density at radius 1 is 1.30 bits per heavy atom. The van der Waals surface area contributed by atoms with Gasteiger partial charge in [0.1, 0.15) is 0 Å². The molecule has 1 aliphatic rings. The van der Waals surface area contributed by atoms with Crippen molar-refractivity contribution in [3.8, 4) is 0 Å². The molecule has 0 aromatic heterocycles. The Balaban J connectivity index is 2.08. The molecule has 1 aliphatic heterocycles. The van der Waals surface area contributed by atoms with E-state index in [1.165, 1.54) is 5.56 Å². The predicted octanol–water partition coefficient (Wildman–Crippen LogP) is 3.20. The number of rotatable bonds is 6. The molecule has 1 heterocycles. The van der Waals surface area contributed by atoms with E-state index in [2.05, 4.69) is 31.8 Å². The maximum atomic E-state index is 12.3. The molecule has 0 N–H and O–H groups in total. The smallest absolute Gasteiger partial charge is 0.340 e. The summed E-state index contributed by atoms with van der Waals surface area (Å²) in [6.07, 6.45) is 1.56. The number of carbonyl (C=O) groups excluding carboxylic acids is 1. The van der Waals surface area contributed by atoms with Crippen LogP contribution in [0.2, 0.25) is 19.6 Å². The van der Waals surface area contributed by atoms with Crippen molar-refractivity contribution in [3.05, 3.63) is 35.9 Å². The molecular formula is C16H24O3Si. The molecule has 0 bridgehead atoms. The summed E-state index contributed by atoms with van der Waals surface area (Å²) >= 11 is 0. The van der Waals surface area contributed by atoms with E-state index in [0.717, 1.165) is 6.42 Å². The quantitative estimate of drug-likeness (QED) is 0.459. The molecule has 3 nitrogen and oxygen atoms in total. The summed E-state index contributed by atoms with van der Waals surface area (Å²) < 4.78 is 11.1. The van der Waals surface area contributed by atoms with Gasteiger partial charge in [-0.3, -0.25) is 0 Å². The Morgan fingerprint density at radius 3 is 2.45 bits per heavy atom. The van der Waals surface area contributed by atoms with Gasteiger partial charge in [0.25, 0.3) is 0 Å². The molecule has 110 valence electrons. The van der Waals surface area contributed by atoms with Gasteiger partial charge in [-0.15, -0.1) is 0 Å². The Morgan fingerprint density at radius 2 is 1.95 bits per heavy atom. The zero-order chi connectivity index (χ0) is 14.8. The molecule has 0 spiro atoms. The minimum Gasteiger partial charge on any atom is -0.464 e. The van der Waals surface area contributed by atoms with Crippen molar-refractivity contribution in [2.24, 2.45) is 0 Å². The van der Waals surface area contributed by atoms with E-state index in [1.54, 1.807) is 0 Å². The lowest BCUT2D eigenvalue weighted by Crippen LogP contribution is -2.40. The van der Waals surface area contributed by atoms with Gasteiger partial charge in [0, 0.05) is 0 Å². The van der Waals surface area contributed by atoms with Gasteiger partial charge < -0.3 is 9.47 Å². The van der Waals surface area contributed by atoms with Crippen LogP contribution in [0.25, 0.3) is 0 Å². The minimum atomic E-state index is -1.51. The maximum absolute atomic E-state index is 12.3. The van der Waals surface area contributed by atoms with Gasteiger partial charge in [-0.1, -0.05) is 50.0 Å². The van der Waals surface area contributed by atoms with Crippen LogP contribution >= 0.6 is 0 Å². The van der Waals surface area contributed by atoms with E-state index in [9.17, 15) is 4.79 Å². The van der Waals surface area contributed by atoms with Gasteiger partial charge in [-0.25, -0.2) is 4.79 Å². The molecule has 2 rings (SSSR count). The van der Waals surface area contributed by atoms with E-state index in [4.69, 9.17) is 9.47 Å². The van der Waals surface area contributed by atoms with Crippen molar-refractivity contribution in [3.63, 3.8) is 0 Å². The molecule has 0 aliphatic carbocycles. The largest absolute Gasteiger partial charge is 0.464 e. The van der Waals surface area contributed by atoms with Crippen molar-refractivity contribution < 1.29 is 14.3 Å². The van der Waals surface area contributed by atoms with Crippen LogP contribution in [0.3, 0.4) is 0 Å². The topological polar surface area (TPSA) is 38.8 Å². The van der Waals surface area contributed by atoms with E-state index < -0.39 is 13.7 Å². The Bertz CT molecular complexity index is 466. The lowest BCUT2D eigenvalue weighted by molar-refractivity contribution is -0.149. The molecule has 0 amide bonds. The fourth-order valence-electron chi connectivity index (χ4n) is 2.73. The van der Waals surface area contributed by atoms with Gasteiger partial charge >= 0.3 is 5.97 Å². The molecule has 4 heteroatoms. The van der Waals surface area contributed by atoms with Crippen molar-refractivity contribution in [2.75, 3.05) is 6.61 Å². The number of aryl methyl sites for hydroxylation is 1. The zero-order valence-corrected chi connectivity index (χ0v) is 13.8. The van der Waals surface area contributed by atoms with E-state index in [1.807, 2.05) is 25.1 Å². The van der Waals surface area contributed by atoms with E-state index in [-0.39, 0.29) is 11.7 Å². The molecule has 1 aromatic carbocycles. The second-order valence-corrected chi connectivity index (χ2v) is 11.7. The van der Waals surface area contributed by atoms with Gasteiger partial charge in [0.05, 0.1) is 20.4 Å². The number of benzene rings is 1. The number of hydrogen-bond acceptors (Lipinski definition) is 3. The second kappa shape index (κ2) is 5.70. The molecular weight excluding hydrogens is 268 g/mol. The van der Waals surface area contributed by atoms with E-state index >= 15 is 0 Å². The van der Waals surface area contributed by atoms with Crippen LogP contribution in [0.4, 0.5) is 0 Å². The van der Waals surface area contributed by atoms with Crippen molar-refractivity contribution in [1.82, 2.24) is 0 Å². The number of ether oxygens (including phenoxy) is 2. The zero-order valence-electron chi connectivity index (χ0n) is 12.8. The molecule has 20 heavy (non-hydrogen) atoms. The lowest BCUT2D eigenvalue weighted by Gasteiger charge is -2.17. The fourth-order valence-corrected chi connectivity index (χ4v) is 4.95. The van der Waals surface area contributed by atoms with Crippen molar-refractivity contribution in [1.29, 1.82) is 0 Å². The van der Waals surface area contributed by atoms with Crippen LogP contribution in [-0.2, 0) is 20.7 Å². The minimum absolute atomic E-state index is 0.0813. The van der Waals surface area contributed by atoms with Crippen LogP contribution in [0.15, 0.2) is 30.3 Å². The van der Waals surface area contributed by atoms with Crippen LogP contribution in [0, 0.1) is 0 Å².